The summed E-state index contributed by atoms with van der Waals surface area (Å²) in [7, 11) is 0. The highest BCUT2D eigenvalue weighted by atomic mass is 16.4. The van der Waals surface area contributed by atoms with Gasteiger partial charge in [0.05, 0.1) is 5.92 Å². The van der Waals surface area contributed by atoms with E-state index in [1.807, 2.05) is 0 Å². The predicted octanol–water partition coefficient (Wildman–Crippen LogP) is 0.844. The van der Waals surface area contributed by atoms with Gasteiger partial charge in [-0.1, -0.05) is 6.92 Å². The number of pyridine rings is 1. The average molecular weight is 210 g/mol. The number of hydrogen-bond donors (Lipinski definition) is 3. The van der Waals surface area contributed by atoms with Gasteiger partial charge in [-0.3, -0.25) is 9.59 Å². The highest BCUT2D eigenvalue weighted by molar-refractivity contribution is 5.78. The molecule has 15 heavy (non-hydrogen) atoms. The van der Waals surface area contributed by atoms with Gasteiger partial charge in [-0.15, -0.1) is 0 Å². The molecule has 0 amide bonds. The quantitative estimate of drug-likeness (QED) is 0.688. The number of hydrogen-bond acceptors (Lipinski definition) is 3. The standard InChI is InChI=1S/C10H14N2O3/c1-3-6(10(14)15)7-4-5(2)12-9(13)8(7)11/h4,6H,3,11H2,1-2H3,(H,12,13)(H,14,15). The molecule has 0 aliphatic rings. The van der Waals surface area contributed by atoms with Crippen LogP contribution in [0.2, 0.25) is 0 Å². The van der Waals surface area contributed by atoms with Crippen molar-refractivity contribution >= 4 is 11.7 Å². The molecule has 0 saturated carbocycles. The third-order valence-electron chi connectivity index (χ3n) is 2.32. The summed E-state index contributed by atoms with van der Waals surface area (Å²) in [5.41, 5.74) is 6.14. The third kappa shape index (κ3) is 2.18. The largest absolute Gasteiger partial charge is 0.481 e. The monoisotopic (exact) mass is 210 g/mol. The molecule has 82 valence electrons. The lowest BCUT2D eigenvalue weighted by atomic mass is 9.95. The van der Waals surface area contributed by atoms with Crippen LogP contribution in [0.3, 0.4) is 0 Å². The van der Waals surface area contributed by atoms with Crippen LogP contribution in [0, 0.1) is 6.92 Å². The minimum Gasteiger partial charge on any atom is -0.481 e. The first-order valence-electron chi connectivity index (χ1n) is 4.69. The number of aromatic nitrogens is 1. The molecule has 0 spiro atoms. The van der Waals surface area contributed by atoms with E-state index in [0.29, 0.717) is 17.7 Å². The lowest BCUT2D eigenvalue weighted by Crippen LogP contribution is -2.20. The van der Waals surface area contributed by atoms with Crippen LogP contribution < -0.4 is 11.3 Å². The Morgan fingerprint density at radius 1 is 1.67 bits per heavy atom. The van der Waals surface area contributed by atoms with Crippen molar-refractivity contribution in [3.63, 3.8) is 0 Å². The molecule has 0 bridgehead atoms. The zero-order valence-electron chi connectivity index (χ0n) is 8.70. The van der Waals surface area contributed by atoms with Crippen molar-refractivity contribution < 1.29 is 9.90 Å². The van der Waals surface area contributed by atoms with Crippen LogP contribution in [-0.4, -0.2) is 16.1 Å². The van der Waals surface area contributed by atoms with Gasteiger partial charge in [0.25, 0.3) is 5.56 Å². The number of rotatable bonds is 3. The maximum absolute atomic E-state index is 11.3. The number of anilines is 1. The van der Waals surface area contributed by atoms with Gasteiger partial charge in [-0.2, -0.15) is 0 Å². The van der Waals surface area contributed by atoms with Crippen molar-refractivity contribution in [3.8, 4) is 0 Å². The van der Waals surface area contributed by atoms with E-state index >= 15 is 0 Å². The van der Waals surface area contributed by atoms with Gasteiger partial charge in [-0.25, -0.2) is 0 Å². The molecule has 0 aliphatic carbocycles. The Morgan fingerprint density at radius 2 is 2.27 bits per heavy atom. The van der Waals surface area contributed by atoms with Gasteiger partial charge in [-0.05, 0) is 25.0 Å². The zero-order valence-corrected chi connectivity index (χ0v) is 8.70. The Kier molecular flexibility index (Phi) is 3.14. The van der Waals surface area contributed by atoms with E-state index in [-0.39, 0.29) is 5.69 Å². The Labute approximate surface area is 86.9 Å². The average Bonchev–Trinajstić information content (AvgIpc) is 2.13. The molecule has 5 nitrogen and oxygen atoms in total. The van der Waals surface area contributed by atoms with Gasteiger partial charge in [0, 0.05) is 5.69 Å². The molecule has 5 heteroatoms. The summed E-state index contributed by atoms with van der Waals surface area (Å²) in [5, 5.41) is 8.97. The van der Waals surface area contributed by atoms with Crippen LogP contribution in [0.25, 0.3) is 0 Å². The van der Waals surface area contributed by atoms with Crippen molar-refractivity contribution in [1.82, 2.24) is 4.98 Å². The van der Waals surface area contributed by atoms with Crippen molar-refractivity contribution in [3.05, 3.63) is 27.7 Å². The van der Waals surface area contributed by atoms with E-state index in [0.717, 1.165) is 0 Å². The summed E-state index contributed by atoms with van der Waals surface area (Å²) in [4.78, 5) is 24.8. The Hall–Kier alpha value is -1.78. The predicted molar refractivity (Wildman–Crippen MR) is 56.9 cm³/mol. The number of aryl methyl sites for hydroxylation is 1. The summed E-state index contributed by atoms with van der Waals surface area (Å²) >= 11 is 0. The molecule has 1 aromatic rings. The minimum absolute atomic E-state index is 0.00477. The Balaban J connectivity index is 3.35. The fourth-order valence-corrected chi connectivity index (χ4v) is 1.54. The molecule has 1 aromatic heterocycles. The lowest BCUT2D eigenvalue weighted by Gasteiger charge is -2.12. The highest BCUT2D eigenvalue weighted by Gasteiger charge is 2.21. The molecule has 1 rings (SSSR count). The van der Waals surface area contributed by atoms with Crippen LogP contribution >= 0.6 is 0 Å². The first kappa shape index (κ1) is 11.3. The molecule has 0 aliphatic heterocycles. The third-order valence-corrected chi connectivity index (χ3v) is 2.32. The van der Waals surface area contributed by atoms with E-state index in [4.69, 9.17) is 10.8 Å². The fraction of sp³-hybridized carbons (Fsp3) is 0.400. The van der Waals surface area contributed by atoms with Gasteiger partial charge < -0.3 is 15.8 Å². The second kappa shape index (κ2) is 4.16. The highest BCUT2D eigenvalue weighted by Crippen LogP contribution is 2.23. The van der Waals surface area contributed by atoms with Crippen molar-refractivity contribution in [2.75, 3.05) is 5.73 Å². The van der Waals surface area contributed by atoms with Crippen LogP contribution in [0.1, 0.15) is 30.5 Å². The topological polar surface area (TPSA) is 96.2 Å². The Bertz CT molecular complexity index is 437. The molecular formula is C10H14N2O3. The number of H-pyrrole nitrogens is 1. The van der Waals surface area contributed by atoms with Crippen LogP contribution in [0.5, 0.6) is 0 Å². The van der Waals surface area contributed by atoms with E-state index < -0.39 is 17.4 Å². The van der Waals surface area contributed by atoms with Crippen LogP contribution in [0.4, 0.5) is 5.69 Å². The van der Waals surface area contributed by atoms with E-state index in [1.165, 1.54) is 0 Å². The summed E-state index contributed by atoms with van der Waals surface area (Å²) in [6, 6.07) is 1.61. The number of aromatic amines is 1. The van der Waals surface area contributed by atoms with Gasteiger partial charge in [0.2, 0.25) is 0 Å². The number of carboxylic acids is 1. The van der Waals surface area contributed by atoms with E-state index in [1.54, 1.807) is 19.9 Å². The number of carboxylic acid groups (broad SMARTS) is 1. The second-order valence-corrected chi connectivity index (χ2v) is 3.45. The molecule has 0 fully saturated rings. The number of aliphatic carboxylic acids is 1. The van der Waals surface area contributed by atoms with Crippen molar-refractivity contribution in [2.45, 2.75) is 26.2 Å². The van der Waals surface area contributed by atoms with E-state index in [9.17, 15) is 9.59 Å². The second-order valence-electron chi connectivity index (χ2n) is 3.45. The smallest absolute Gasteiger partial charge is 0.311 e. The number of nitrogens with one attached hydrogen (secondary N) is 1. The summed E-state index contributed by atoms with van der Waals surface area (Å²) in [5.74, 6) is -1.68. The molecule has 4 N–H and O–H groups in total. The maximum Gasteiger partial charge on any atom is 0.311 e. The molecule has 1 heterocycles. The summed E-state index contributed by atoms with van der Waals surface area (Å²) in [6.07, 6.45) is 0.405. The SMILES string of the molecule is CCC(C(=O)O)c1cc(C)[nH]c(=O)c1N. The maximum atomic E-state index is 11.3. The minimum atomic E-state index is -0.964. The molecule has 0 aromatic carbocycles. The lowest BCUT2D eigenvalue weighted by molar-refractivity contribution is -0.138. The van der Waals surface area contributed by atoms with Crippen LogP contribution in [0.15, 0.2) is 10.9 Å². The van der Waals surface area contributed by atoms with Gasteiger partial charge in [0.15, 0.2) is 0 Å². The first-order chi connectivity index (χ1) is 6.97. The van der Waals surface area contributed by atoms with Crippen molar-refractivity contribution in [1.29, 1.82) is 0 Å². The van der Waals surface area contributed by atoms with Crippen LogP contribution in [-0.2, 0) is 4.79 Å². The summed E-state index contributed by atoms with van der Waals surface area (Å²) < 4.78 is 0. The van der Waals surface area contributed by atoms with Gasteiger partial charge in [0.1, 0.15) is 5.69 Å². The first-order valence-corrected chi connectivity index (χ1v) is 4.69. The zero-order chi connectivity index (χ0) is 11.6. The summed E-state index contributed by atoms with van der Waals surface area (Å²) in [6.45, 7) is 3.44. The Morgan fingerprint density at radius 3 is 2.73 bits per heavy atom. The van der Waals surface area contributed by atoms with Gasteiger partial charge >= 0.3 is 5.97 Å². The number of nitrogen functional groups attached to an aromatic ring is 1. The molecule has 0 saturated heterocycles. The fourth-order valence-electron chi connectivity index (χ4n) is 1.54. The number of nitrogens with two attached hydrogens (primary N) is 1. The molecular weight excluding hydrogens is 196 g/mol. The number of carbonyl (C=O) groups is 1. The molecule has 1 atom stereocenters. The molecule has 1 unspecified atom stereocenters. The normalized spacial score (nSPS) is 12.4. The van der Waals surface area contributed by atoms with Crippen molar-refractivity contribution in [2.24, 2.45) is 0 Å². The van der Waals surface area contributed by atoms with E-state index in [2.05, 4.69) is 4.98 Å². The molecule has 0 radical (unpaired) electrons.